The summed E-state index contributed by atoms with van der Waals surface area (Å²) in [6.45, 7) is 1.32. The summed E-state index contributed by atoms with van der Waals surface area (Å²) in [7, 11) is 0. The highest BCUT2D eigenvalue weighted by molar-refractivity contribution is 7.07. The maximum atomic E-state index is 13.3. The van der Waals surface area contributed by atoms with Crippen LogP contribution in [0.15, 0.2) is 63.8 Å². The SMILES string of the molecule is OC(CNCc1ccsc1)COc1cccc(-c2onc3cc(F)ccc23)c1. The van der Waals surface area contributed by atoms with Gasteiger partial charge in [-0.05, 0) is 46.7 Å². The average molecular weight is 398 g/mol. The van der Waals surface area contributed by atoms with Crippen molar-refractivity contribution in [3.63, 3.8) is 0 Å². The van der Waals surface area contributed by atoms with Gasteiger partial charge in [-0.15, -0.1) is 0 Å². The van der Waals surface area contributed by atoms with Crippen LogP contribution < -0.4 is 10.1 Å². The third-order valence-electron chi connectivity index (χ3n) is 4.27. The molecule has 0 aliphatic rings. The number of aliphatic hydroxyl groups is 1. The standard InChI is InChI=1S/C21H19FN2O3S/c22-16-4-5-19-20(9-16)24-27-21(19)15-2-1-3-18(8-15)26-12-17(25)11-23-10-14-6-7-28-13-14/h1-9,13,17,23,25H,10-12H2. The molecule has 4 aromatic rings. The molecule has 1 atom stereocenters. The van der Waals surface area contributed by atoms with Gasteiger partial charge in [0.2, 0.25) is 0 Å². The van der Waals surface area contributed by atoms with Crippen LogP contribution in [0.2, 0.25) is 0 Å². The first-order chi connectivity index (χ1) is 13.7. The smallest absolute Gasteiger partial charge is 0.174 e. The summed E-state index contributed by atoms with van der Waals surface area (Å²) in [6.07, 6.45) is -0.628. The van der Waals surface area contributed by atoms with Gasteiger partial charge in [-0.25, -0.2) is 4.39 Å². The molecule has 2 aromatic carbocycles. The van der Waals surface area contributed by atoms with Crippen LogP contribution in [-0.2, 0) is 6.54 Å². The molecule has 0 radical (unpaired) electrons. The first-order valence-corrected chi connectivity index (χ1v) is 9.81. The molecule has 7 heteroatoms. The van der Waals surface area contributed by atoms with Gasteiger partial charge in [-0.1, -0.05) is 17.3 Å². The molecule has 0 spiro atoms. The molecule has 0 saturated heterocycles. The Morgan fingerprint density at radius 1 is 1.21 bits per heavy atom. The van der Waals surface area contributed by atoms with E-state index in [1.54, 1.807) is 17.4 Å². The van der Waals surface area contributed by atoms with Crippen molar-refractivity contribution in [3.05, 3.63) is 70.7 Å². The summed E-state index contributed by atoms with van der Waals surface area (Å²) in [6, 6.07) is 13.7. The molecule has 28 heavy (non-hydrogen) atoms. The Balaban J connectivity index is 1.37. The number of fused-ring (bicyclic) bond motifs is 1. The zero-order valence-electron chi connectivity index (χ0n) is 15.0. The highest BCUT2D eigenvalue weighted by atomic mass is 32.1. The van der Waals surface area contributed by atoms with Gasteiger partial charge in [0.25, 0.3) is 0 Å². The number of hydrogen-bond donors (Lipinski definition) is 2. The molecule has 144 valence electrons. The van der Waals surface area contributed by atoms with Gasteiger partial charge in [0.1, 0.15) is 29.8 Å². The number of rotatable bonds is 8. The van der Waals surface area contributed by atoms with E-state index in [4.69, 9.17) is 9.26 Å². The Bertz CT molecular complexity index is 1050. The fourth-order valence-electron chi connectivity index (χ4n) is 2.88. The summed E-state index contributed by atoms with van der Waals surface area (Å²) in [5.41, 5.74) is 2.44. The van der Waals surface area contributed by atoms with E-state index in [1.165, 1.54) is 17.7 Å². The number of ether oxygens (including phenoxy) is 1. The van der Waals surface area contributed by atoms with Gasteiger partial charge in [-0.2, -0.15) is 11.3 Å². The van der Waals surface area contributed by atoms with Crippen molar-refractivity contribution in [3.8, 4) is 17.1 Å². The molecule has 2 heterocycles. The molecule has 0 aliphatic heterocycles. The van der Waals surface area contributed by atoms with E-state index in [-0.39, 0.29) is 12.4 Å². The Morgan fingerprint density at radius 3 is 3.00 bits per heavy atom. The minimum atomic E-state index is -0.628. The molecule has 2 aromatic heterocycles. The van der Waals surface area contributed by atoms with E-state index in [2.05, 4.69) is 15.9 Å². The van der Waals surface area contributed by atoms with E-state index < -0.39 is 6.10 Å². The summed E-state index contributed by atoms with van der Waals surface area (Å²) in [5, 5.41) is 22.1. The van der Waals surface area contributed by atoms with Gasteiger partial charge < -0.3 is 19.7 Å². The van der Waals surface area contributed by atoms with Crippen LogP contribution in [0.25, 0.3) is 22.2 Å². The summed E-state index contributed by atoms with van der Waals surface area (Å²) < 4.78 is 24.4. The Kier molecular flexibility index (Phi) is 5.66. The molecule has 0 aliphatic carbocycles. The van der Waals surface area contributed by atoms with Gasteiger partial charge in [0.05, 0.1) is 0 Å². The molecule has 0 bridgehead atoms. The van der Waals surface area contributed by atoms with E-state index in [0.717, 1.165) is 17.5 Å². The largest absolute Gasteiger partial charge is 0.491 e. The zero-order valence-corrected chi connectivity index (χ0v) is 15.8. The number of aliphatic hydroxyl groups excluding tert-OH is 1. The lowest BCUT2D eigenvalue weighted by molar-refractivity contribution is 0.106. The minimum absolute atomic E-state index is 0.169. The van der Waals surface area contributed by atoms with Crippen LogP contribution in [0.1, 0.15) is 5.56 Å². The van der Waals surface area contributed by atoms with Gasteiger partial charge in [0.15, 0.2) is 5.76 Å². The van der Waals surface area contributed by atoms with Crippen LogP contribution in [0.4, 0.5) is 4.39 Å². The fourth-order valence-corrected chi connectivity index (χ4v) is 3.55. The van der Waals surface area contributed by atoms with E-state index in [1.807, 2.05) is 35.7 Å². The van der Waals surface area contributed by atoms with Gasteiger partial charge >= 0.3 is 0 Å². The quantitative estimate of drug-likeness (QED) is 0.465. The lowest BCUT2D eigenvalue weighted by Gasteiger charge is -2.13. The van der Waals surface area contributed by atoms with Crippen molar-refractivity contribution in [2.75, 3.05) is 13.2 Å². The van der Waals surface area contributed by atoms with Crippen LogP contribution in [0.5, 0.6) is 5.75 Å². The highest BCUT2D eigenvalue weighted by Gasteiger charge is 2.13. The Labute approximate surface area is 165 Å². The number of benzene rings is 2. The van der Waals surface area contributed by atoms with Gasteiger partial charge in [-0.3, -0.25) is 0 Å². The summed E-state index contributed by atoms with van der Waals surface area (Å²) >= 11 is 1.65. The van der Waals surface area contributed by atoms with Crippen molar-refractivity contribution in [1.82, 2.24) is 10.5 Å². The number of nitrogens with one attached hydrogen (secondary N) is 1. The predicted octanol–water partition coefficient (Wildman–Crippen LogP) is 4.22. The second-order valence-electron chi connectivity index (χ2n) is 6.43. The molecular formula is C21H19FN2O3S. The molecule has 0 amide bonds. The third-order valence-corrected chi connectivity index (χ3v) is 5.00. The maximum Gasteiger partial charge on any atom is 0.174 e. The van der Waals surface area contributed by atoms with Crippen LogP contribution in [0, 0.1) is 5.82 Å². The van der Waals surface area contributed by atoms with Crippen LogP contribution in [0.3, 0.4) is 0 Å². The van der Waals surface area contributed by atoms with Crippen molar-refractivity contribution in [1.29, 1.82) is 0 Å². The van der Waals surface area contributed by atoms with E-state index >= 15 is 0 Å². The monoisotopic (exact) mass is 398 g/mol. The molecule has 5 nitrogen and oxygen atoms in total. The topological polar surface area (TPSA) is 67.5 Å². The number of halogens is 1. The normalized spacial score (nSPS) is 12.4. The van der Waals surface area contributed by atoms with Crippen molar-refractivity contribution in [2.24, 2.45) is 0 Å². The first-order valence-electron chi connectivity index (χ1n) is 8.87. The Hall–Kier alpha value is -2.74. The van der Waals surface area contributed by atoms with Crippen LogP contribution >= 0.6 is 11.3 Å². The number of nitrogens with zero attached hydrogens (tertiary/aromatic N) is 1. The second kappa shape index (κ2) is 8.52. The summed E-state index contributed by atoms with van der Waals surface area (Å²) in [5.74, 6) is 0.811. The van der Waals surface area contributed by atoms with Crippen molar-refractivity contribution in [2.45, 2.75) is 12.6 Å². The Morgan fingerprint density at radius 2 is 2.14 bits per heavy atom. The lowest BCUT2D eigenvalue weighted by atomic mass is 10.1. The third kappa shape index (κ3) is 4.39. The minimum Gasteiger partial charge on any atom is -0.491 e. The van der Waals surface area contributed by atoms with E-state index in [0.29, 0.717) is 23.6 Å². The number of hydrogen-bond acceptors (Lipinski definition) is 6. The van der Waals surface area contributed by atoms with E-state index in [9.17, 15) is 9.50 Å². The molecular weight excluding hydrogens is 379 g/mol. The molecule has 0 saturated carbocycles. The van der Waals surface area contributed by atoms with Crippen molar-refractivity contribution < 1.29 is 18.8 Å². The highest BCUT2D eigenvalue weighted by Crippen LogP contribution is 2.31. The van der Waals surface area contributed by atoms with Gasteiger partial charge in [0, 0.05) is 30.1 Å². The number of aromatic nitrogens is 1. The zero-order chi connectivity index (χ0) is 19.3. The molecule has 4 rings (SSSR count). The number of thiophene rings is 1. The second-order valence-corrected chi connectivity index (χ2v) is 7.21. The summed E-state index contributed by atoms with van der Waals surface area (Å²) in [4.78, 5) is 0. The average Bonchev–Trinajstić information content (AvgIpc) is 3.36. The maximum absolute atomic E-state index is 13.3. The fraction of sp³-hybridized carbons (Fsp3) is 0.190. The first kappa shape index (κ1) is 18.6. The molecule has 2 N–H and O–H groups in total. The van der Waals surface area contributed by atoms with Crippen LogP contribution in [-0.4, -0.2) is 29.5 Å². The molecule has 0 fully saturated rings. The van der Waals surface area contributed by atoms with Crippen molar-refractivity contribution >= 4 is 22.2 Å². The molecule has 1 unspecified atom stereocenters. The lowest BCUT2D eigenvalue weighted by Crippen LogP contribution is -2.31. The predicted molar refractivity (Wildman–Crippen MR) is 107 cm³/mol.